The van der Waals surface area contributed by atoms with E-state index in [9.17, 15) is 13.2 Å². The van der Waals surface area contributed by atoms with E-state index in [0.717, 1.165) is 36.2 Å². The summed E-state index contributed by atoms with van der Waals surface area (Å²) >= 11 is 0. The van der Waals surface area contributed by atoms with Crippen LogP contribution in [0.15, 0.2) is 48.7 Å². The highest BCUT2D eigenvalue weighted by atomic mass is 32.2. The Bertz CT molecular complexity index is 1520. The highest BCUT2D eigenvalue weighted by Gasteiger charge is 2.23. The molecule has 0 bridgehead atoms. The standard InChI is InChI=1S/C31H43N5O5S/c1-21-10-11-22(16-28(21)41-25-12-13-32-24(19-25)20-36(7)15-14-35(5)6)30(37)33-26-17-23(31(2,3)4)18-27(29(26)40-8)34-42(9,38)39/h10-13,16-19,34H,14-15,20H2,1-9H3,(H,33,37). The monoisotopic (exact) mass is 597 g/mol. The van der Waals surface area contributed by atoms with Crippen molar-refractivity contribution in [1.82, 2.24) is 14.8 Å². The number of pyridine rings is 1. The van der Waals surface area contributed by atoms with Crippen LogP contribution in [0.1, 0.15) is 48.0 Å². The lowest BCUT2D eigenvalue weighted by Gasteiger charge is -2.24. The van der Waals surface area contributed by atoms with Crippen LogP contribution in [0.25, 0.3) is 0 Å². The Morgan fingerprint density at radius 3 is 2.31 bits per heavy atom. The molecule has 0 fully saturated rings. The number of carbonyl (C=O) groups is 1. The van der Waals surface area contributed by atoms with Crippen LogP contribution >= 0.6 is 0 Å². The summed E-state index contributed by atoms with van der Waals surface area (Å²) in [6.45, 7) is 10.4. The van der Waals surface area contributed by atoms with Gasteiger partial charge in [-0.3, -0.25) is 19.4 Å². The van der Waals surface area contributed by atoms with Gasteiger partial charge in [-0.2, -0.15) is 0 Å². The first-order chi connectivity index (χ1) is 19.6. The first-order valence-corrected chi connectivity index (χ1v) is 15.5. The first kappa shape index (κ1) is 32.8. The number of hydrogen-bond donors (Lipinski definition) is 2. The number of rotatable bonds is 12. The molecule has 0 saturated carbocycles. The number of anilines is 2. The Morgan fingerprint density at radius 1 is 1.00 bits per heavy atom. The number of sulfonamides is 1. The van der Waals surface area contributed by atoms with Gasteiger partial charge in [0.2, 0.25) is 10.0 Å². The molecule has 0 unspecified atom stereocenters. The summed E-state index contributed by atoms with van der Waals surface area (Å²) < 4.78 is 38.4. The molecule has 0 atom stereocenters. The zero-order valence-electron chi connectivity index (χ0n) is 26.0. The molecule has 11 heteroatoms. The molecule has 10 nitrogen and oxygen atoms in total. The van der Waals surface area contributed by atoms with Gasteiger partial charge in [-0.1, -0.05) is 26.8 Å². The van der Waals surface area contributed by atoms with Crippen LogP contribution in [0, 0.1) is 6.92 Å². The van der Waals surface area contributed by atoms with E-state index < -0.39 is 15.9 Å². The predicted octanol–water partition coefficient (Wildman–Crippen LogP) is 5.11. The lowest BCUT2D eigenvalue weighted by Crippen LogP contribution is -2.28. The van der Waals surface area contributed by atoms with Crippen LogP contribution in [-0.2, 0) is 22.0 Å². The average Bonchev–Trinajstić information content (AvgIpc) is 2.87. The molecule has 0 aliphatic carbocycles. The van der Waals surface area contributed by atoms with E-state index in [4.69, 9.17) is 9.47 Å². The largest absolute Gasteiger partial charge is 0.492 e. The SMILES string of the molecule is COc1c(NC(=O)c2ccc(C)c(Oc3ccnc(CN(C)CCN(C)C)c3)c2)cc(C(C)(C)C)cc1NS(C)(=O)=O. The Hall–Kier alpha value is -3.67. The van der Waals surface area contributed by atoms with Gasteiger partial charge in [0.1, 0.15) is 11.5 Å². The first-order valence-electron chi connectivity index (χ1n) is 13.6. The summed E-state index contributed by atoms with van der Waals surface area (Å²) in [6.07, 6.45) is 2.78. The second-order valence-electron chi connectivity index (χ2n) is 11.8. The number of methoxy groups -OCH3 is 1. The molecule has 0 aliphatic rings. The molecule has 0 saturated heterocycles. The molecule has 0 spiro atoms. The van der Waals surface area contributed by atoms with Gasteiger partial charge >= 0.3 is 0 Å². The van der Waals surface area contributed by atoms with Gasteiger partial charge in [0.25, 0.3) is 5.91 Å². The Balaban J connectivity index is 1.87. The van der Waals surface area contributed by atoms with E-state index >= 15 is 0 Å². The molecular weight excluding hydrogens is 554 g/mol. The number of nitrogens with one attached hydrogen (secondary N) is 2. The van der Waals surface area contributed by atoms with E-state index in [2.05, 4.69) is 31.9 Å². The van der Waals surface area contributed by atoms with Gasteiger partial charge < -0.3 is 19.7 Å². The quantitative estimate of drug-likeness (QED) is 0.296. The Kier molecular flexibility index (Phi) is 10.6. The van der Waals surface area contributed by atoms with Crippen molar-refractivity contribution in [3.05, 3.63) is 71.0 Å². The third-order valence-corrected chi connectivity index (χ3v) is 7.12. The molecule has 2 N–H and O–H groups in total. The fourth-order valence-corrected chi connectivity index (χ4v) is 4.71. The maximum absolute atomic E-state index is 13.5. The molecule has 1 amide bonds. The highest BCUT2D eigenvalue weighted by Crippen LogP contribution is 2.39. The minimum atomic E-state index is -3.59. The molecule has 3 rings (SSSR count). The number of amides is 1. The minimum Gasteiger partial charge on any atom is -0.492 e. The number of hydrogen-bond acceptors (Lipinski definition) is 8. The number of carbonyl (C=O) groups excluding carboxylic acids is 1. The van der Waals surface area contributed by atoms with Crippen molar-refractivity contribution < 1.29 is 22.7 Å². The molecule has 2 aromatic carbocycles. The Morgan fingerprint density at radius 2 is 1.69 bits per heavy atom. The number of aromatic nitrogens is 1. The minimum absolute atomic E-state index is 0.213. The molecule has 0 radical (unpaired) electrons. The summed E-state index contributed by atoms with van der Waals surface area (Å²) in [5, 5.41) is 2.90. The van der Waals surface area contributed by atoms with Crippen molar-refractivity contribution in [2.45, 2.75) is 39.7 Å². The summed E-state index contributed by atoms with van der Waals surface area (Å²) in [4.78, 5) is 22.3. The van der Waals surface area contributed by atoms with Gasteiger partial charge in [-0.15, -0.1) is 0 Å². The van der Waals surface area contributed by atoms with Gasteiger partial charge in [0.15, 0.2) is 5.75 Å². The van der Waals surface area contributed by atoms with Gasteiger partial charge in [-0.05, 0) is 74.9 Å². The summed E-state index contributed by atoms with van der Waals surface area (Å²) in [6, 6.07) is 12.4. The van der Waals surface area contributed by atoms with E-state index in [1.807, 2.05) is 53.9 Å². The van der Waals surface area contributed by atoms with Crippen LogP contribution in [0.2, 0.25) is 0 Å². The molecule has 1 aromatic heterocycles. The van der Waals surface area contributed by atoms with Crippen molar-refractivity contribution in [3.63, 3.8) is 0 Å². The molecule has 42 heavy (non-hydrogen) atoms. The van der Waals surface area contributed by atoms with Crippen molar-refractivity contribution in [3.8, 4) is 17.2 Å². The lowest BCUT2D eigenvalue weighted by molar-refractivity contribution is 0.102. The molecular formula is C31H43N5O5S. The molecule has 0 aliphatic heterocycles. The van der Waals surface area contributed by atoms with Crippen molar-refractivity contribution in [2.75, 3.05) is 57.6 Å². The van der Waals surface area contributed by atoms with Gasteiger partial charge in [0.05, 0.1) is 30.4 Å². The van der Waals surface area contributed by atoms with Crippen molar-refractivity contribution in [2.24, 2.45) is 0 Å². The summed E-state index contributed by atoms with van der Waals surface area (Å²) in [7, 11) is 3.98. The zero-order valence-corrected chi connectivity index (χ0v) is 26.8. The smallest absolute Gasteiger partial charge is 0.255 e. The lowest BCUT2D eigenvalue weighted by atomic mass is 9.86. The maximum atomic E-state index is 13.5. The van der Waals surface area contributed by atoms with E-state index in [-0.39, 0.29) is 16.9 Å². The second-order valence-corrected chi connectivity index (χ2v) is 13.5. The predicted molar refractivity (Wildman–Crippen MR) is 168 cm³/mol. The summed E-state index contributed by atoms with van der Waals surface area (Å²) in [5.74, 6) is 0.978. The van der Waals surface area contributed by atoms with E-state index in [0.29, 0.717) is 29.3 Å². The maximum Gasteiger partial charge on any atom is 0.255 e. The highest BCUT2D eigenvalue weighted by molar-refractivity contribution is 7.92. The van der Waals surface area contributed by atoms with E-state index in [1.165, 1.54) is 7.11 Å². The molecule has 228 valence electrons. The zero-order chi connectivity index (χ0) is 31.2. The van der Waals surface area contributed by atoms with Crippen LogP contribution < -0.4 is 19.5 Å². The topological polar surface area (TPSA) is 113 Å². The van der Waals surface area contributed by atoms with Crippen LogP contribution in [0.5, 0.6) is 17.2 Å². The fraction of sp³-hybridized carbons (Fsp3) is 0.419. The van der Waals surface area contributed by atoms with Crippen LogP contribution in [0.3, 0.4) is 0 Å². The second kappa shape index (κ2) is 13.5. The van der Waals surface area contributed by atoms with Gasteiger partial charge in [-0.25, -0.2) is 8.42 Å². The van der Waals surface area contributed by atoms with Crippen molar-refractivity contribution >= 4 is 27.3 Å². The number of aryl methyl sites for hydroxylation is 1. The number of ether oxygens (including phenoxy) is 2. The molecule has 1 heterocycles. The number of likely N-dealkylation sites (N-methyl/N-ethyl adjacent to an activating group) is 2. The average molecular weight is 598 g/mol. The van der Waals surface area contributed by atoms with E-state index in [1.54, 1.807) is 36.5 Å². The number of benzene rings is 2. The third-order valence-electron chi connectivity index (χ3n) is 6.53. The van der Waals surface area contributed by atoms with Crippen LogP contribution in [0.4, 0.5) is 11.4 Å². The number of nitrogens with zero attached hydrogens (tertiary/aromatic N) is 3. The normalized spacial score (nSPS) is 12.0. The van der Waals surface area contributed by atoms with Crippen LogP contribution in [-0.4, -0.2) is 76.7 Å². The fourth-order valence-electron chi connectivity index (χ4n) is 4.16. The summed E-state index contributed by atoms with van der Waals surface area (Å²) in [5.41, 5.74) is 3.20. The van der Waals surface area contributed by atoms with Gasteiger partial charge in [0, 0.05) is 37.5 Å². The third kappa shape index (κ3) is 9.43. The molecule has 3 aromatic rings. The van der Waals surface area contributed by atoms with Crippen molar-refractivity contribution in [1.29, 1.82) is 0 Å². The Labute approximate surface area is 250 Å².